The van der Waals surface area contributed by atoms with E-state index >= 15 is 0 Å². The third kappa shape index (κ3) is 5.72. The summed E-state index contributed by atoms with van der Waals surface area (Å²) in [5.74, 6) is 0.0204. The minimum Gasteiger partial charge on any atom is -0.507 e. The van der Waals surface area contributed by atoms with E-state index in [-0.39, 0.29) is 17.4 Å². The molecule has 1 amide bonds. The second-order valence-corrected chi connectivity index (χ2v) is 6.31. The Hall–Kier alpha value is -2.67. The van der Waals surface area contributed by atoms with Gasteiger partial charge in [-0.15, -0.1) is 6.58 Å². The van der Waals surface area contributed by atoms with Gasteiger partial charge in [-0.05, 0) is 38.0 Å². The number of carbonyl (C=O) groups excluding carboxylic acids is 1. The topological polar surface area (TPSA) is 87.5 Å². The van der Waals surface area contributed by atoms with Crippen molar-refractivity contribution in [2.45, 2.75) is 25.4 Å². The number of hydrogen-bond acceptors (Lipinski definition) is 6. The van der Waals surface area contributed by atoms with Gasteiger partial charge in [0.15, 0.2) is 5.16 Å². The summed E-state index contributed by atoms with van der Waals surface area (Å²) >= 11 is 1.25. The van der Waals surface area contributed by atoms with E-state index < -0.39 is 0 Å². The summed E-state index contributed by atoms with van der Waals surface area (Å²) in [5, 5.41) is 14.6. The summed E-state index contributed by atoms with van der Waals surface area (Å²) in [5.41, 5.74) is 5.45. The second kappa shape index (κ2) is 8.98. The molecule has 6 nitrogen and oxygen atoms in total. The molecule has 2 rings (SSSR count). The van der Waals surface area contributed by atoms with Crippen LogP contribution in [0.1, 0.15) is 22.5 Å². The van der Waals surface area contributed by atoms with Gasteiger partial charge in [0.05, 0.1) is 12.0 Å². The van der Waals surface area contributed by atoms with Gasteiger partial charge >= 0.3 is 0 Å². The van der Waals surface area contributed by atoms with Crippen molar-refractivity contribution in [1.82, 2.24) is 15.4 Å². The minimum atomic E-state index is -0.272. The van der Waals surface area contributed by atoms with Crippen molar-refractivity contribution in [2.24, 2.45) is 5.10 Å². The molecule has 0 aliphatic heterocycles. The number of phenolic OH excluding ortho intramolecular Hbond substituents is 1. The lowest BCUT2D eigenvalue weighted by Crippen LogP contribution is -2.19. The Morgan fingerprint density at radius 3 is 2.76 bits per heavy atom. The Bertz CT molecular complexity index is 785. The first kappa shape index (κ1) is 18.7. The smallest absolute Gasteiger partial charge is 0.250 e. The van der Waals surface area contributed by atoms with Crippen LogP contribution >= 0.6 is 11.8 Å². The zero-order valence-electron chi connectivity index (χ0n) is 14.2. The number of carbonyl (C=O) groups is 1. The molecule has 0 unspecified atom stereocenters. The Morgan fingerprint density at radius 1 is 1.36 bits per heavy atom. The number of para-hydroxylation sites is 1. The Kier molecular flexibility index (Phi) is 6.71. The first-order chi connectivity index (χ1) is 12.0. The molecular weight excluding hydrogens is 336 g/mol. The molecule has 2 N–H and O–H groups in total. The summed E-state index contributed by atoms with van der Waals surface area (Å²) in [6.45, 7) is 7.42. The summed E-state index contributed by atoms with van der Waals surface area (Å²) in [4.78, 5) is 20.4. The molecule has 0 aliphatic carbocycles. The normalized spacial score (nSPS) is 10.8. The molecule has 1 aromatic carbocycles. The van der Waals surface area contributed by atoms with Gasteiger partial charge in [0.25, 0.3) is 5.91 Å². The lowest BCUT2D eigenvalue weighted by Gasteiger charge is -2.05. The maximum Gasteiger partial charge on any atom is 0.250 e. The minimum absolute atomic E-state index is 0.137. The maximum absolute atomic E-state index is 11.9. The Balaban J connectivity index is 1.90. The number of benzene rings is 1. The molecule has 0 spiro atoms. The summed E-state index contributed by atoms with van der Waals surface area (Å²) < 4.78 is 0. The van der Waals surface area contributed by atoms with Gasteiger partial charge in [0, 0.05) is 17.0 Å². The van der Waals surface area contributed by atoms with E-state index in [0.717, 1.165) is 17.0 Å². The maximum atomic E-state index is 11.9. The van der Waals surface area contributed by atoms with E-state index in [9.17, 15) is 9.90 Å². The lowest BCUT2D eigenvalue weighted by molar-refractivity contribution is -0.118. The van der Waals surface area contributed by atoms with Gasteiger partial charge in [-0.25, -0.2) is 15.4 Å². The third-order valence-electron chi connectivity index (χ3n) is 3.20. The van der Waals surface area contributed by atoms with Crippen LogP contribution in [0.25, 0.3) is 0 Å². The highest BCUT2D eigenvalue weighted by Crippen LogP contribution is 2.21. The summed E-state index contributed by atoms with van der Waals surface area (Å²) in [6, 6.07) is 7.22. The highest BCUT2D eigenvalue weighted by molar-refractivity contribution is 7.99. The van der Waals surface area contributed by atoms with E-state index in [1.165, 1.54) is 18.0 Å². The van der Waals surface area contributed by atoms with E-state index in [1.54, 1.807) is 12.1 Å². The Labute approximate surface area is 151 Å². The number of aryl methyl sites for hydroxylation is 2. The van der Waals surface area contributed by atoms with Crippen molar-refractivity contribution in [3.8, 4) is 5.75 Å². The Morgan fingerprint density at radius 2 is 2.08 bits per heavy atom. The molecular formula is C18H20N4O2S. The number of aromatic hydroxyl groups is 1. The van der Waals surface area contributed by atoms with Crippen LogP contribution in [0.4, 0.5) is 0 Å². The fourth-order valence-corrected chi connectivity index (χ4v) is 2.87. The van der Waals surface area contributed by atoms with Crippen LogP contribution in [-0.4, -0.2) is 32.9 Å². The molecule has 0 atom stereocenters. The number of phenols is 1. The molecule has 0 aliphatic rings. The first-order valence-corrected chi connectivity index (χ1v) is 8.67. The van der Waals surface area contributed by atoms with Crippen LogP contribution < -0.4 is 5.43 Å². The molecule has 0 bridgehead atoms. The fourth-order valence-electron chi connectivity index (χ4n) is 2.13. The van der Waals surface area contributed by atoms with E-state index in [0.29, 0.717) is 17.1 Å². The number of hydrazone groups is 1. The van der Waals surface area contributed by atoms with Crippen LogP contribution in [0.15, 0.2) is 47.2 Å². The van der Waals surface area contributed by atoms with Gasteiger partial charge in [-0.1, -0.05) is 30.0 Å². The van der Waals surface area contributed by atoms with Crippen molar-refractivity contribution in [3.05, 3.63) is 59.4 Å². The predicted molar refractivity (Wildman–Crippen MR) is 100.0 cm³/mol. The van der Waals surface area contributed by atoms with Crippen molar-refractivity contribution in [3.63, 3.8) is 0 Å². The highest BCUT2D eigenvalue weighted by Gasteiger charge is 2.06. The number of amides is 1. The van der Waals surface area contributed by atoms with Gasteiger partial charge in [0.1, 0.15) is 5.75 Å². The molecule has 1 aromatic heterocycles. The monoisotopic (exact) mass is 356 g/mol. The van der Waals surface area contributed by atoms with Crippen molar-refractivity contribution in [1.29, 1.82) is 0 Å². The third-order valence-corrected chi connectivity index (χ3v) is 4.05. The number of nitrogens with one attached hydrogen (secondary N) is 1. The van der Waals surface area contributed by atoms with Crippen LogP contribution in [0.2, 0.25) is 0 Å². The van der Waals surface area contributed by atoms with Gasteiger partial charge in [0.2, 0.25) is 0 Å². The number of allylic oxidation sites excluding steroid dienone is 1. The molecule has 0 saturated heterocycles. The fraction of sp³-hybridized carbons (Fsp3) is 0.222. The second-order valence-electron chi connectivity index (χ2n) is 5.36. The van der Waals surface area contributed by atoms with Crippen LogP contribution in [0.5, 0.6) is 5.75 Å². The molecule has 0 fully saturated rings. The molecule has 2 aromatic rings. The number of aromatic nitrogens is 2. The van der Waals surface area contributed by atoms with Crippen molar-refractivity contribution < 1.29 is 9.90 Å². The zero-order valence-corrected chi connectivity index (χ0v) is 15.0. The van der Waals surface area contributed by atoms with Crippen LogP contribution in [-0.2, 0) is 11.2 Å². The molecule has 130 valence electrons. The van der Waals surface area contributed by atoms with Gasteiger partial charge in [-0.2, -0.15) is 5.10 Å². The van der Waals surface area contributed by atoms with Crippen LogP contribution in [0, 0.1) is 13.8 Å². The lowest BCUT2D eigenvalue weighted by atomic mass is 10.1. The average Bonchev–Trinajstić information content (AvgIpc) is 2.56. The SMILES string of the molecule is C=CCc1cccc(/C=N/NC(=O)CSc2nc(C)cc(C)n2)c1O. The molecule has 25 heavy (non-hydrogen) atoms. The molecule has 0 saturated carbocycles. The van der Waals surface area contributed by atoms with Crippen molar-refractivity contribution in [2.75, 3.05) is 5.75 Å². The number of hydrogen-bond donors (Lipinski definition) is 2. The summed E-state index contributed by atoms with van der Waals surface area (Å²) in [6.07, 6.45) is 3.69. The van der Waals surface area contributed by atoms with Gasteiger partial charge in [-0.3, -0.25) is 4.79 Å². The average molecular weight is 356 g/mol. The van der Waals surface area contributed by atoms with E-state index in [4.69, 9.17) is 0 Å². The standard InChI is InChI=1S/C18H20N4O2S/c1-4-6-14-7-5-8-15(17(14)24)10-19-22-16(23)11-25-18-20-12(2)9-13(3)21-18/h4-5,7-10,24H,1,6,11H2,2-3H3,(H,22,23)/b19-10+. The molecule has 0 radical (unpaired) electrons. The number of rotatable bonds is 7. The first-order valence-electron chi connectivity index (χ1n) is 7.68. The molecule has 7 heteroatoms. The van der Waals surface area contributed by atoms with Crippen LogP contribution in [0.3, 0.4) is 0 Å². The number of nitrogens with zero attached hydrogens (tertiary/aromatic N) is 3. The largest absolute Gasteiger partial charge is 0.507 e. The number of thioether (sulfide) groups is 1. The zero-order chi connectivity index (χ0) is 18.2. The summed E-state index contributed by atoms with van der Waals surface area (Å²) in [7, 11) is 0. The highest BCUT2D eigenvalue weighted by atomic mass is 32.2. The van der Waals surface area contributed by atoms with E-state index in [2.05, 4.69) is 27.1 Å². The quantitative estimate of drug-likeness (QED) is 0.262. The van der Waals surface area contributed by atoms with E-state index in [1.807, 2.05) is 32.0 Å². The molecule has 1 heterocycles. The van der Waals surface area contributed by atoms with Crippen molar-refractivity contribution >= 4 is 23.9 Å². The predicted octanol–water partition coefficient (Wildman–Crippen LogP) is 2.77. The van der Waals surface area contributed by atoms with Gasteiger partial charge < -0.3 is 5.11 Å².